The van der Waals surface area contributed by atoms with Crippen LogP contribution in [0.3, 0.4) is 0 Å². The van der Waals surface area contributed by atoms with Gasteiger partial charge < -0.3 is 15.7 Å². The van der Waals surface area contributed by atoms with Gasteiger partial charge in [0.1, 0.15) is 0 Å². The Labute approximate surface area is 136 Å². The number of benzene rings is 1. The van der Waals surface area contributed by atoms with Crippen LogP contribution >= 0.6 is 0 Å². The van der Waals surface area contributed by atoms with E-state index in [9.17, 15) is 4.79 Å². The third-order valence-electron chi connectivity index (χ3n) is 3.55. The van der Waals surface area contributed by atoms with Gasteiger partial charge in [-0.25, -0.2) is 4.79 Å². The average molecular weight is 316 g/mol. The molecule has 1 aromatic heterocycles. The number of aliphatic hydroxyl groups excluding tert-OH is 1. The van der Waals surface area contributed by atoms with Crippen molar-refractivity contribution in [3.8, 4) is 0 Å². The molecule has 0 aliphatic carbocycles. The lowest BCUT2D eigenvalue weighted by Crippen LogP contribution is -2.32. The highest BCUT2D eigenvalue weighted by Crippen LogP contribution is 2.18. The quantitative estimate of drug-likeness (QED) is 0.734. The van der Waals surface area contributed by atoms with Crippen LogP contribution in [0.1, 0.15) is 44.3 Å². The molecule has 1 aromatic carbocycles. The van der Waals surface area contributed by atoms with Crippen LogP contribution in [0.25, 0.3) is 0 Å². The lowest BCUT2D eigenvalue weighted by Gasteiger charge is -2.19. The molecule has 1 heterocycles. The summed E-state index contributed by atoms with van der Waals surface area (Å²) in [6.45, 7) is 4.15. The number of hydrogen-bond acceptors (Lipinski definition) is 3. The molecule has 0 saturated heterocycles. The molecular formula is C17H24N4O2. The van der Waals surface area contributed by atoms with Gasteiger partial charge in [-0.2, -0.15) is 5.10 Å². The van der Waals surface area contributed by atoms with E-state index in [4.69, 9.17) is 5.11 Å². The molecule has 0 radical (unpaired) electrons. The molecule has 1 atom stereocenters. The minimum Gasteiger partial charge on any atom is -0.396 e. The molecule has 0 saturated carbocycles. The van der Waals surface area contributed by atoms with E-state index in [0.717, 1.165) is 5.56 Å². The maximum Gasteiger partial charge on any atom is 0.319 e. The van der Waals surface area contributed by atoms with E-state index in [-0.39, 0.29) is 24.7 Å². The second-order valence-corrected chi connectivity index (χ2v) is 5.73. The topological polar surface area (TPSA) is 79.2 Å². The van der Waals surface area contributed by atoms with Gasteiger partial charge in [0.2, 0.25) is 0 Å². The summed E-state index contributed by atoms with van der Waals surface area (Å²) >= 11 is 0. The molecule has 0 aliphatic rings. The van der Waals surface area contributed by atoms with Gasteiger partial charge in [-0.15, -0.1) is 0 Å². The molecule has 6 nitrogen and oxygen atoms in total. The number of nitrogens with zero attached hydrogens (tertiary/aromatic N) is 2. The molecule has 23 heavy (non-hydrogen) atoms. The Morgan fingerprint density at radius 2 is 2.04 bits per heavy atom. The standard InChI is InChI=1S/C17H24N4O2/c1-13(2)21-12-15(11-18-21)19-17(23)20-16(9-6-10-22)14-7-4-3-5-8-14/h3-5,7-8,11-13,16,22H,6,9-10H2,1-2H3,(H2,19,20,23). The number of nitrogens with one attached hydrogen (secondary N) is 2. The second-order valence-electron chi connectivity index (χ2n) is 5.73. The first-order chi connectivity index (χ1) is 11.1. The summed E-state index contributed by atoms with van der Waals surface area (Å²) in [4.78, 5) is 12.2. The number of carbonyl (C=O) groups excluding carboxylic acids is 1. The van der Waals surface area contributed by atoms with Crippen molar-refractivity contribution in [3.05, 3.63) is 48.3 Å². The van der Waals surface area contributed by atoms with Crippen LogP contribution in [0.15, 0.2) is 42.7 Å². The van der Waals surface area contributed by atoms with Crippen molar-refractivity contribution in [2.24, 2.45) is 0 Å². The molecule has 124 valence electrons. The highest BCUT2D eigenvalue weighted by Gasteiger charge is 2.14. The van der Waals surface area contributed by atoms with Crippen LogP contribution < -0.4 is 10.6 Å². The SMILES string of the molecule is CC(C)n1cc(NC(=O)NC(CCCO)c2ccccc2)cn1. The highest BCUT2D eigenvalue weighted by molar-refractivity contribution is 5.89. The first-order valence-corrected chi connectivity index (χ1v) is 7.87. The molecule has 2 amide bonds. The Morgan fingerprint density at radius 3 is 2.65 bits per heavy atom. The molecule has 2 rings (SSSR count). The van der Waals surface area contributed by atoms with E-state index < -0.39 is 0 Å². The predicted molar refractivity (Wildman–Crippen MR) is 90.3 cm³/mol. The fraction of sp³-hybridized carbons (Fsp3) is 0.412. The normalized spacial score (nSPS) is 12.2. The zero-order valence-electron chi connectivity index (χ0n) is 13.6. The number of aliphatic hydroxyl groups is 1. The summed E-state index contributed by atoms with van der Waals surface area (Å²) in [5.74, 6) is 0. The molecular weight excluding hydrogens is 292 g/mol. The maximum atomic E-state index is 12.2. The van der Waals surface area contributed by atoms with E-state index >= 15 is 0 Å². The zero-order valence-corrected chi connectivity index (χ0v) is 13.6. The Balaban J connectivity index is 1.99. The first kappa shape index (κ1) is 17.0. The number of aromatic nitrogens is 2. The van der Waals surface area contributed by atoms with Crippen molar-refractivity contribution < 1.29 is 9.90 Å². The summed E-state index contributed by atoms with van der Waals surface area (Å²) in [5, 5.41) is 19.0. The van der Waals surface area contributed by atoms with Crippen LogP contribution in [0.4, 0.5) is 10.5 Å². The average Bonchev–Trinajstić information content (AvgIpc) is 3.01. The molecule has 0 fully saturated rings. The lowest BCUT2D eigenvalue weighted by atomic mass is 10.0. The van der Waals surface area contributed by atoms with Crippen molar-refractivity contribution in [2.75, 3.05) is 11.9 Å². The lowest BCUT2D eigenvalue weighted by molar-refractivity contribution is 0.244. The monoisotopic (exact) mass is 316 g/mol. The van der Waals surface area contributed by atoms with Crippen molar-refractivity contribution in [1.82, 2.24) is 15.1 Å². The van der Waals surface area contributed by atoms with Gasteiger partial charge in [0.25, 0.3) is 0 Å². The molecule has 1 unspecified atom stereocenters. The zero-order chi connectivity index (χ0) is 16.7. The van der Waals surface area contributed by atoms with Crippen molar-refractivity contribution in [3.63, 3.8) is 0 Å². The molecule has 6 heteroatoms. The number of urea groups is 1. The molecule has 3 N–H and O–H groups in total. The van der Waals surface area contributed by atoms with E-state index in [1.807, 2.05) is 44.2 Å². The third-order valence-corrected chi connectivity index (χ3v) is 3.55. The van der Waals surface area contributed by atoms with Gasteiger partial charge >= 0.3 is 6.03 Å². The van der Waals surface area contributed by atoms with Gasteiger partial charge in [-0.05, 0) is 32.3 Å². The number of hydrogen-bond donors (Lipinski definition) is 3. The van der Waals surface area contributed by atoms with Crippen molar-refractivity contribution in [1.29, 1.82) is 0 Å². The van der Waals surface area contributed by atoms with Gasteiger partial charge in [0.15, 0.2) is 0 Å². The van der Waals surface area contributed by atoms with Crippen molar-refractivity contribution in [2.45, 2.75) is 38.8 Å². The fourth-order valence-electron chi connectivity index (χ4n) is 2.31. The van der Waals surface area contributed by atoms with Crippen LogP contribution in [-0.4, -0.2) is 27.5 Å². The Kier molecular flexibility index (Phi) is 6.17. The van der Waals surface area contributed by atoms with E-state index in [0.29, 0.717) is 18.5 Å². The summed E-state index contributed by atoms with van der Waals surface area (Å²) in [5.41, 5.74) is 1.68. The number of rotatable bonds is 7. The predicted octanol–water partition coefficient (Wildman–Crippen LogP) is 3.10. The largest absolute Gasteiger partial charge is 0.396 e. The summed E-state index contributed by atoms with van der Waals surface area (Å²) in [7, 11) is 0. The highest BCUT2D eigenvalue weighted by atomic mass is 16.3. The molecule has 0 aliphatic heterocycles. The van der Waals surface area contributed by atoms with Crippen LogP contribution in [-0.2, 0) is 0 Å². The van der Waals surface area contributed by atoms with E-state index in [2.05, 4.69) is 15.7 Å². The van der Waals surface area contributed by atoms with Gasteiger partial charge in [-0.1, -0.05) is 30.3 Å². The minimum absolute atomic E-state index is 0.105. The smallest absolute Gasteiger partial charge is 0.319 e. The Morgan fingerprint density at radius 1 is 1.30 bits per heavy atom. The van der Waals surface area contributed by atoms with Crippen LogP contribution in [0.5, 0.6) is 0 Å². The van der Waals surface area contributed by atoms with Gasteiger partial charge in [-0.3, -0.25) is 4.68 Å². The Bertz CT molecular complexity index is 610. The van der Waals surface area contributed by atoms with E-state index in [1.54, 1.807) is 17.1 Å². The van der Waals surface area contributed by atoms with Gasteiger partial charge in [0, 0.05) is 18.8 Å². The number of anilines is 1. The molecule has 0 bridgehead atoms. The maximum absolute atomic E-state index is 12.2. The number of amides is 2. The summed E-state index contributed by atoms with van der Waals surface area (Å²) in [6, 6.07) is 9.59. The van der Waals surface area contributed by atoms with Gasteiger partial charge in [0.05, 0.1) is 17.9 Å². The minimum atomic E-state index is -0.278. The third kappa shape index (κ3) is 5.10. The first-order valence-electron chi connectivity index (χ1n) is 7.87. The Hall–Kier alpha value is -2.34. The van der Waals surface area contributed by atoms with Crippen LogP contribution in [0, 0.1) is 0 Å². The van der Waals surface area contributed by atoms with Crippen molar-refractivity contribution >= 4 is 11.7 Å². The second kappa shape index (κ2) is 8.33. The van der Waals surface area contributed by atoms with Crippen LogP contribution in [0.2, 0.25) is 0 Å². The summed E-state index contributed by atoms with van der Waals surface area (Å²) < 4.78 is 1.79. The van der Waals surface area contributed by atoms with E-state index in [1.165, 1.54) is 0 Å². The number of carbonyl (C=O) groups is 1. The molecule has 0 spiro atoms. The fourth-order valence-corrected chi connectivity index (χ4v) is 2.31. The summed E-state index contributed by atoms with van der Waals surface area (Å²) in [6.07, 6.45) is 4.74. The molecule has 2 aromatic rings.